The summed E-state index contributed by atoms with van der Waals surface area (Å²) < 4.78 is 4.45. The molecule has 0 atom stereocenters. The zero-order valence-electron chi connectivity index (χ0n) is 8.82. The molecule has 0 bridgehead atoms. The Morgan fingerprint density at radius 2 is 2.19 bits per heavy atom. The van der Waals surface area contributed by atoms with Crippen molar-refractivity contribution in [2.75, 3.05) is 7.11 Å². The molecule has 0 aliphatic heterocycles. The fourth-order valence-corrected chi connectivity index (χ4v) is 1.53. The number of hydrogen-bond donors (Lipinski definition) is 0. The first-order valence-corrected chi connectivity index (χ1v) is 4.84. The molecule has 6 heteroatoms. The molecule has 0 unspecified atom stereocenters. The lowest BCUT2D eigenvalue weighted by Gasteiger charge is -2.05. The van der Waals surface area contributed by atoms with E-state index in [4.69, 9.17) is 11.6 Å². The van der Waals surface area contributed by atoms with Crippen LogP contribution in [0.3, 0.4) is 0 Å². The van der Waals surface area contributed by atoms with Gasteiger partial charge in [-0.15, -0.1) is 0 Å². The van der Waals surface area contributed by atoms with Crippen LogP contribution in [0.4, 0.5) is 5.69 Å². The van der Waals surface area contributed by atoms with Crippen LogP contribution in [0.5, 0.6) is 0 Å². The third kappa shape index (κ3) is 2.49. The van der Waals surface area contributed by atoms with Gasteiger partial charge in [0.25, 0.3) is 5.69 Å². The van der Waals surface area contributed by atoms with Crippen LogP contribution in [0.25, 0.3) is 0 Å². The van der Waals surface area contributed by atoms with Crippen molar-refractivity contribution < 1.29 is 14.5 Å². The van der Waals surface area contributed by atoms with Crippen molar-refractivity contribution >= 4 is 23.3 Å². The van der Waals surface area contributed by atoms with E-state index in [2.05, 4.69) is 4.74 Å². The first-order chi connectivity index (χ1) is 7.47. The Kier molecular flexibility index (Phi) is 3.84. The zero-order valence-corrected chi connectivity index (χ0v) is 9.58. The maximum atomic E-state index is 11.1. The number of carbonyl (C=O) groups excluding carboxylic acids is 1. The number of esters is 1. The number of rotatable bonds is 3. The molecule has 0 aromatic heterocycles. The van der Waals surface area contributed by atoms with Gasteiger partial charge in [-0.1, -0.05) is 23.7 Å². The summed E-state index contributed by atoms with van der Waals surface area (Å²) in [7, 11) is 1.23. The highest BCUT2D eigenvalue weighted by atomic mass is 35.5. The molecule has 0 aliphatic rings. The molecule has 0 saturated carbocycles. The van der Waals surface area contributed by atoms with Gasteiger partial charge in [0, 0.05) is 5.56 Å². The lowest BCUT2D eigenvalue weighted by molar-refractivity contribution is -0.385. The molecule has 0 N–H and O–H groups in total. The average Bonchev–Trinajstić information content (AvgIpc) is 2.23. The van der Waals surface area contributed by atoms with Gasteiger partial charge in [-0.25, -0.2) is 0 Å². The number of carbonyl (C=O) groups is 1. The van der Waals surface area contributed by atoms with Crippen LogP contribution in [0, 0.1) is 17.0 Å². The predicted molar refractivity (Wildman–Crippen MR) is 58.6 cm³/mol. The van der Waals surface area contributed by atoms with Crippen LogP contribution in [0.1, 0.15) is 11.1 Å². The first kappa shape index (κ1) is 12.4. The summed E-state index contributed by atoms with van der Waals surface area (Å²) in [6.45, 7) is 1.66. The van der Waals surface area contributed by atoms with Gasteiger partial charge in [-0.2, -0.15) is 0 Å². The second kappa shape index (κ2) is 4.94. The Labute approximate surface area is 97.1 Å². The molecule has 0 fully saturated rings. The van der Waals surface area contributed by atoms with Gasteiger partial charge in [-0.3, -0.25) is 14.9 Å². The number of nitrogens with zero attached hydrogens (tertiary/aromatic N) is 1. The third-order valence-electron chi connectivity index (χ3n) is 2.14. The van der Waals surface area contributed by atoms with Crippen LogP contribution < -0.4 is 0 Å². The summed E-state index contributed by atoms with van der Waals surface area (Å²) in [5, 5.41) is 10.9. The smallest absolute Gasteiger partial charge is 0.310 e. The molecule has 0 spiro atoms. The van der Waals surface area contributed by atoms with Crippen molar-refractivity contribution in [3.8, 4) is 0 Å². The minimum Gasteiger partial charge on any atom is -0.469 e. The van der Waals surface area contributed by atoms with Crippen molar-refractivity contribution in [3.63, 3.8) is 0 Å². The fraction of sp³-hybridized carbons (Fsp3) is 0.300. The first-order valence-electron chi connectivity index (χ1n) is 4.46. The Balaban J connectivity index is 3.23. The van der Waals surface area contributed by atoms with Crippen molar-refractivity contribution in [1.29, 1.82) is 0 Å². The molecular weight excluding hydrogens is 234 g/mol. The summed E-state index contributed by atoms with van der Waals surface area (Å²) in [4.78, 5) is 21.3. The number of nitro benzene ring substituents is 1. The van der Waals surface area contributed by atoms with Gasteiger partial charge in [0.15, 0.2) is 0 Å². The minimum absolute atomic E-state index is 0.0615. The molecule has 86 valence electrons. The minimum atomic E-state index is -0.590. The topological polar surface area (TPSA) is 69.4 Å². The SMILES string of the molecule is COC(=O)Cc1ccc(C)c(Cl)c1[N+](=O)[O-]. The molecular formula is C10H10ClNO4. The summed E-state index contributed by atoms with van der Waals surface area (Å²) in [5.41, 5.74) is 0.626. The fourth-order valence-electron chi connectivity index (χ4n) is 1.27. The number of halogens is 1. The molecule has 0 heterocycles. The summed E-state index contributed by atoms with van der Waals surface area (Å²) >= 11 is 5.83. The monoisotopic (exact) mass is 243 g/mol. The van der Waals surface area contributed by atoms with E-state index in [0.717, 1.165) is 0 Å². The standard InChI is InChI=1S/C10H10ClNO4/c1-6-3-4-7(5-8(13)16-2)10(9(6)11)12(14)15/h3-4H,5H2,1-2H3. The largest absolute Gasteiger partial charge is 0.469 e. The predicted octanol–water partition coefficient (Wildman–Crippen LogP) is 2.27. The van der Waals surface area contributed by atoms with E-state index < -0.39 is 10.9 Å². The Hall–Kier alpha value is -1.62. The second-order valence-corrected chi connectivity index (χ2v) is 3.59. The number of methoxy groups -OCH3 is 1. The quantitative estimate of drug-likeness (QED) is 0.464. The van der Waals surface area contributed by atoms with E-state index in [1.807, 2.05) is 0 Å². The second-order valence-electron chi connectivity index (χ2n) is 3.21. The van der Waals surface area contributed by atoms with Gasteiger partial charge < -0.3 is 4.74 Å². The number of nitro groups is 1. The molecule has 5 nitrogen and oxygen atoms in total. The van der Waals surface area contributed by atoms with Gasteiger partial charge in [0.05, 0.1) is 18.5 Å². The highest BCUT2D eigenvalue weighted by Crippen LogP contribution is 2.31. The highest BCUT2D eigenvalue weighted by molar-refractivity contribution is 6.33. The van der Waals surface area contributed by atoms with E-state index in [1.165, 1.54) is 13.2 Å². The number of hydrogen-bond acceptors (Lipinski definition) is 4. The van der Waals surface area contributed by atoms with Crippen LogP contribution in [0.15, 0.2) is 12.1 Å². The van der Waals surface area contributed by atoms with Gasteiger partial charge in [0.2, 0.25) is 0 Å². The summed E-state index contributed by atoms with van der Waals surface area (Å²) in [5.74, 6) is -0.539. The summed E-state index contributed by atoms with van der Waals surface area (Å²) in [6, 6.07) is 3.14. The summed E-state index contributed by atoms with van der Waals surface area (Å²) in [6.07, 6.45) is -0.160. The lowest BCUT2D eigenvalue weighted by atomic mass is 10.1. The van der Waals surface area contributed by atoms with E-state index in [-0.39, 0.29) is 22.7 Å². The van der Waals surface area contributed by atoms with E-state index in [9.17, 15) is 14.9 Å². The molecule has 0 amide bonds. The Bertz CT molecular complexity index is 445. The van der Waals surface area contributed by atoms with Crippen LogP contribution in [-0.2, 0) is 16.0 Å². The van der Waals surface area contributed by atoms with Gasteiger partial charge in [-0.05, 0) is 12.5 Å². The number of benzene rings is 1. The van der Waals surface area contributed by atoms with E-state index in [1.54, 1.807) is 13.0 Å². The molecule has 0 aliphatic carbocycles. The van der Waals surface area contributed by atoms with Crippen LogP contribution in [-0.4, -0.2) is 18.0 Å². The van der Waals surface area contributed by atoms with Crippen molar-refractivity contribution in [1.82, 2.24) is 0 Å². The maximum absolute atomic E-state index is 11.1. The molecule has 0 radical (unpaired) electrons. The average molecular weight is 244 g/mol. The normalized spacial score (nSPS) is 9.94. The molecule has 1 rings (SSSR count). The van der Waals surface area contributed by atoms with E-state index in [0.29, 0.717) is 5.56 Å². The molecule has 0 saturated heterocycles. The van der Waals surface area contributed by atoms with Gasteiger partial charge in [0.1, 0.15) is 5.02 Å². The zero-order chi connectivity index (χ0) is 12.3. The number of aryl methyl sites for hydroxylation is 1. The van der Waals surface area contributed by atoms with Crippen molar-refractivity contribution in [2.45, 2.75) is 13.3 Å². The van der Waals surface area contributed by atoms with Crippen LogP contribution in [0.2, 0.25) is 5.02 Å². The molecule has 1 aromatic rings. The van der Waals surface area contributed by atoms with Crippen molar-refractivity contribution in [2.24, 2.45) is 0 Å². The van der Waals surface area contributed by atoms with Crippen LogP contribution >= 0.6 is 11.6 Å². The van der Waals surface area contributed by atoms with E-state index >= 15 is 0 Å². The maximum Gasteiger partial charge on any atom is 0.310 e. The molecule has 16 heavy (non-hydrogen) atoms. The highest BCUT2D eigenvalue weighted by Gasteiger charge is 2.22. The van der Waals surface area contributed by atoms with Crippen molar-refractivity contribution in [3.05, 3.63) is 38.4 Å². The molecule has 1 aromatic carbocycles. The lowest BCUT2D eigenvalue weighted by Crippen LogP contribution is -2.07. The number of ether oxygens (including phenoxy) is 1. The third-order valence-corrected chi connectivity index (χ3v) is 2.61. The Morgan fingerprint density at radius 1 is 1.56 bits per heavy atom. The van der Waals surface area contributed by atoms with Gasteiger partial charge >= 0.3 is 5.97 Å². The Morgan fingerprint density at radius 3 is 2.69 bits per heavy atom.